The molecular formula is C33H36N6O6. The number of carbonyl (C=O) groups excluding carboxylic acids is 2. The van der Waals surface area contributed by atoms with Crippen LogP contribution in [0.4, 0.5) is 0 Å². The van der Waals surface area contributed by atoms with Gasteiger partial charge in [-0.05, 0) is 47.9 Å². The predicted molar refractivity (Wildman–Crippen MR) is 166 cm³/mol. The highest BCUT2D eigenvalue weighted by Crippen LogP contribution is 2.25. The second-order valence-electron chi connectivity index (χ2n) is 11.0. The van der Waals surface area contributed by atoms with Gasteiger partial charge in [-0.25, -0.2) is 0 Å². The zero-order valence-electron chi connectivity index (χ0n) is 25.2. The number of pyridine rings is 1. The van der Waals surface area contributed by atoms with Crippen LogP contribution in [0.3, 0.4) is 0 Å². The van der Waals surface area contributed by atoms with Crippen LogP contribution in [0.5, 0.6) is 11.5 Å². The third-order valence-corrected chi connectivity index (χ3v) is 7.35. The monoisotopic (exact) mass is 612 g/mol. The van der Waals surface area contributed by atoms with E-state index in [0.29, 0.717) is 30.2 Å². The van der Waals surface area contributed by atoms with E-state index >= 15 is 0 Å². The molecule has 2 amide bonds. The van der Waals surface area contributed by atoms with Gasteiger partial charge in [-0.15, -0.1) is 0 Å². The first-order chi connectivity index (χ1) is 21.7. The number of carbonyl (C=O) groups is 3. The van der Waals surface area contributed by atoms with E-state index in [1.54, 1.807) is 23.1 Å². The molecule has 5 heterocycles. The van der Waals surface area contributed by atoms with Gasteiger partial charge in [0, 0.05) is 69.9 Å². The number of aryl methyl sites for hydroxylation is 1. The number of piperidine rings is 1. The number of nitrogens with one attached hydrogen (secondary N) is 2. The summed E-state index contributed by atoms with van der Waals surface area (Å²) < 4.78 is 14.0. The summed E-state index contributed by atoms with van der Waals surface area (Å²) in [6.45, 7) is 3.55. The number of amides is 2. The van der Waals surface area contributed by atoms with Crippen molar-refractivity contribution in [1.82, 2.24) is 30.3 Å². The van der Waals surface area contributed by atoms with Crippen molar-refractivity contribution in [2.45, 2.75) is 38.6 Å². The summed E-state index contributed by atoms with van der Waals surface area (Å²) in [5.74, 6) is 0.00782. The van der Waals surface area contributed by atoms with E-state index in [4.69, 9.17) is 19.4 Å². The Morgan fingerprint density at radius 1 is 1.02 bits per heavy atom. The molecule has 0 radical (unpaired) electrons. The minimum atomic E-state index is -0.833. The minimum absolute atomic E-state index is 0.105. The van der Waals surface area contributed by atoms with E-state index < -0.39 is 5.97 Å². The van der Waals surface area contributed by atoms with Crippen molar-refractivity contribution >= 4 is 17.8 Å². The van der Waals surface area contributed by atoms with Crippen molar-refractivity contribution in [3.05, 3.63) is 96.1 Å². The number of aromatic nitrogens is 3. The van der Waals surface area contributed by atoms with Crippen LogP contribution in [0.15, 0.2) is 79.4 Å². The highest BCUT2D eigenvalue weighted by Gasteiger charge is 2.32. The Morgan fingerprint density at radius 3 is 2.56 bits per heavy atom. The number of hydrogen-bond donors (Lipinski definition) is 3. The molecule has 0 aliphatic carbocycles. The lowest BCUT2D eigenvalue weighted by Crippen LogP contribution is -2.56. The van der Waals surface area contributed by atoms with Crippen molar-refractivity contribution < 1.29 is 29.0 Å². The fourth-order valence-electron chi connectivity index (χ4n) is 5.23. The van der Waals surface area contributed by atoms with Gasteiger partial charge in [-0.3, -0.25) is 28.9 Å². The summed E-state index contributed by atoms with van der Waals surface area (Å²) in [6, 6.07) is 16.6. The fourth-order valence-corrected chi connectivity index (χ4v) is 5.23. The molecule has 45 heavy (non-hydrogen) atoms. The standard InChI is InChI=1S/C31H32N6O4.C2H4O2/c1-36-17-22(14-34-36)18-37-10-9-29-28(19-37)35-31(39)25-11-24(15-32-16-25)23-3-2-4-27(12-23)40-20-30(38)33-13-21-5-7-26(41-29)8-6-21;1-2(3)4/h2-8,11-12,14-17,28-29H,9-10,13,18-20H2,1H3,(H,33,38)(H,35,39);1H3,(H,3,4)/t28-,29+;/m1./s1. The van der Waals surface area contributed by atoms with Gasteiger partial charge in [0.2, 0.25) is 0 Å². The number of benzene rings is 2. The van der Waals surface area contributed by atoms with E-state index in [0.717, 1.165) is 48.7 Å². The number of aliphatic carboxylic acids is 1. The molecule has 3 N–H and O–H groups in total. The molecule has 1 fully saturated rings. The van der Waals surface area contributed by atoms with E-state index in [-0.39, 0.29) is 30.6 Å². The molecule has 0 spiro atoms. The number of carboxylic acid groups (broad SMARTS) is 1. The summed E-state index contributed by atoms with van der Waals surface area (Å²) in [5, 5.41) is 17.8. The largest absolute Gasteiger partial charge is 0.488 e. The second-order valence-corrected chi connectivity index (χ2v) is 11.0. The Balaban J connectivity index is 0.000000945. The van der Waals surface area contributed by atoms with Crippen LogP contribution < -0.4 is 20.1 Å². The number of likely N-dealkylation sites (tertiary alicyclic amines) is 1. The van der Waals surface area contributed by atoms with E-state index in [1.807, 2.05) is 68.0 Å². The minimum Gasteiger partial charge on any atom is -0.488 e. The predicted octanol–water partition coefficient (Wildman–Crippen LogP) is 3.03. The molecule has 6 bridgehead atoms. The Bertz CT molecular complexity index is 1630. The first-order valence-corrected chi connectivity index (χ1v) is 14.6. The molecule has 2 aromatic carbocycles. The summed E-state index contributed by atoms with van der Waals surface area (Å²) in [5.41, 5.74) is 4.13. The molecule has 12 nitrogen and oxygen atoms in total. The second kappa shape index (κ2) is 14.5. The van der Waals surface area contributed by atoms with Crippen molar-refractivity contribution in [3.8, 4) is 22.6 Å². The molecular weight excluding hydrogens is 576 g/mol. The Labute approximate surface area is 261 Å². The van der Waals surface area contributed by atoms with Crippen LogP contribution in [-0.2, 0) is 29.7 Å². The molecule has 0 unspecified atom stereocenters. The van der Waals surface area contributed by atoms with Crippen LogP contribution in [-0.4, -0.2) is 74.4 Å². The maximum absolute atomic E-state index is 13.6. The average molecular weight is 613 g/mol. The molecule has 0 saturated carbocycles. The van der Waals surface area contributed by atoms with Crippen molar-refractivity contribution in [2.24, 2.45) is 7.05 Å². The summed E-state index contributed by atoms with van der Waals surface area (Å²) in [4.78, 5) is 41.6. The Morgan fingerprint density at radius 2 is 1.80 bits per heavy atom. The van der Waals surface area contributed by atoms with Crippen LogP contribution in [0.2, 0.25) is 0 Å². The summed E-state index contributed by atoms with van der Waals surface area (Å²) in [7, 11) is 1.91. The molecule has 3 aliphatic heterocycles. The molecule has 7 rings (SSSR count). The highest BCUT2D eigenvalue weighted by molar-refractivity contribution is 5.95. The van der Waals surface area contributed by atoms with Gasteiger partial charge in [0.1, 0.15) is 17.6 Å². The quantitative estimate of drug-likeness (QED) is 0.311. The molecule has 1 saturated heterocycles. The van der Waals surface area contributed by atoms with Gasteiger partial charge in [-0.2, -0.15) is 5.10 Å². The van der Waals surface area contributed by atoms with Gasteiger partial charge in [0.05, 0.1) is 17.8 Å². The van der Waals surface area contributed by atoms with E-state index in [1.165, 1.54) is 0 Å². The first kappa shape index (κ1) is 31.2. The van der Waals surface area contributed by atoms with Gasteiger partial charge >= 0.3 is 0 Å². The van der Waals surface area contributed by atoms with Crippen molar-refractivity contribution in [1.29, 1.82) is 0 Å². The molecule has 4 aromatic rings. The lowest BCUT2D eigenvalue weighted by atomic mass is 10.00. The maximum Gasteiger partial charge on any atom is 0.300 e. The molecule has 3 aliphatic rings. The Hall–Kier alpha value is -5.23. The highest BCUT2D eigenvalue weighted by atomic mass is 16.5. The zero-order chi connectivity index (χ0) is 31.8. The van der Waals surface area contributed by atoms with E-state index in [2.05, 4.69) is 25.6 Å². The number of nitrogens with zero attached hydrogens (tertiary/aromatic N) is 4. The SMILES string of the molecule is CC(=O)O.Cn1cc(CN2CC[C@@H]3Oc4ccc(cc4)CNC(=O)COc4cccc(c4)-c4cncc(c4)C(=O)N[C@@H]3C2)cn1. The van der Waals surface area contributed by atoms with Crippen molar-refractivity contribution in [2.75, 3.05) is 19.7 Å². The number of carboxylic acids is 1. The molecule has 2 atom stereocenters. The molecule has 12 heteroatoms. The third-order valence-electron chi connectivity index (χ3n) is 7.35. The van der Waals surface area contributed by atoms with Crippen LogP contribution in [0, 0.1) is 0 Å². The first-order valence-electron chi connectivity index (χ1n) is 14.6. The number of rotatable bonds is 2. The van der Waals surface area contributed by atoms with Gasteiger partial charge < -0.3 is 25.2 Å². The zero-order valence-corrected chi connectivity index (χ0v) is 25.2. The lowest BCUT2D eigenvalue weighted by molar-refractivity contribution is -0.134. The summed E-state index contributed by atoms with van der Waals surface area (Å²) in [6.07, 6.45) is 7.69. The number of hydrogen-bond acceptors (Lipinski definition) is 8. The number of ether oxygens (including phenoxy) is 2. The van der Waals surface area contributed by atoms with Crippen LogP contribution in [0.1, 0.15) is 34.8 Å². The molecule has 234 valence electrons. The normalized spacial score (nSPS) is 18.5. The topological polar surface area (TPSA) is 148 Å². The van der Waals surface area contributed by atoms with Crippen LogP contribution in [0.25, 0.3) is 11.1 Å². The fraction of sp³-hybridized carbons (Fsp3) is 0.303. The van der Waals surface area contributed by atoms with Crippen LogP contribution >= 0.6 is 0 Å². The maximum atomic E-state index is 13.6. The smallest absolute Gasteiger partial charge is 0.300 e. The van der Waals surface area contributed by atoms with E-state index in [9.17, 15) is 9.59 Å². The summed E-state index contributed by atoms with van der Waals surface area (Å²) >= 11 is 0. The lowest BCUT2D eigenvalue weighted by Gasteiger charge is -2.38. The number of fused-ring (bicyclic) bond motifs is 7. The Kier molecular flexibility index (Phi) is 10.1. The average Bonchev–Trinajstić information content (AvgIpc) is 3.44. The van der Waals surface area contributed by atoms with Gasteiger partial charge in [0.15, 0.2) is 6.61 Å². The van der Waals surface area contributed by atoms with Gasteiger partial charge in [-0.1, -0.05) is 24.3 Å². The van der Waals surface area contributed by atoms with Gasteiger partial charge in [0.25, 0.3) is 17.8 Å². The van der Waals surface area contributed by atoms with Crippen molar-refractivity contribution in [3.63, 3.8) is 0 Å². The molecule has 2 aromatic heterocycles. The third kappa shape index (κ3) is 8.89.